The lowest BCUT2D eigenvalue weighted by atomic mass is 9.82. The van der Waals surface area contributed by atoms with Gasteiger partial charge in [0.05, 0.1) is 0 Å². The van der Waals surface area contributed by atoms with E-state index < -0.39 is 0 Å². The first-order valence-electron chi connectivity index (χ1n) is 21.0. The third-order valence-electron chi connectivity index (χ3n) is 13.6. The van der Waals surface area contributed by atoms with Crippen molar-refractivity contribution in [3.05, 3.63) is 205 Å². The fourth-order valence-electron chi connectivity index (χ4n) is 10.7. The van der Waals surface area contributed by atoms with Gasteiger partial charge >= 0.3 is 0 Å². The van der Waals surface area contributed by atoms with Crippen LogP contribution < -0.4 is 0 Å². The molecule has 1 heteroatoms. The van der Waals surface area contributed by atoms with Gasteiger partial charge in [-0.05, 0) is 128 Å². The fourth-order valence-corrected chi connectivity index (χ4v) is 10.7. The number of hydrogen-bond donors (Lipinski definition) is 0. The van der Waals surface area contributed by atoms with Crippen LogP contribution in [0.3, 0.4) is 0 Å². The highest BCUT2D eigenvalue weighted by atomic mass is 16.3. The van der Waals surface area contributed by atoms with Crippen LogP contribution >= 0.6 is 0 Å². The smallest absolute Gasteiger partial charge is 0.143 e. The molecule has 12 aromatic rings. The quantitative estimate of drug-likeness (QED) is 0.163. The first kappa shape index (κ1) is 33.5. The topological polar surface area (TPSA) is 13.1 Å². The van der Waals surface area contributed by atoms with E-state index in [9.17, 15) is 0 Å². The van der Waals surface area contributed by atoms with Gasteiger partial charge in [0.25, 0.3) is 0 Å². The van der Waals surface area contributed by atoms with Crippen molar-refractivity contribution in [3.8, 4) is 44.5 Å². The van der Waals surface area contributed by atoms with Gasteiger partial charge in [-0.1, -0.05) is 184 Å². The van der Waals surface area contributed by atoms with Crippen molar-refractivity contribution in [3.63, 3.8) is 0 Å². The van der Waals surface area contributed by atoms with Gasteiger partial charge in [0, 0.05) is 21.8 Å². The summed E-state index contributed by atoms with van der Waals surface area (Å²) in [6.45, 7) is 4.68. The molecule has 0 unspecified atom stereocenters. The van der Waals surface area contributed by atoms with Crippen molar-refractivity contribution in [2.24, 2.45) is 0 Å². The standard InChI is InChI=1S/C59H38O/c1-59(2)51-29-26-36-13-4-6-16-43(36)56(51)57-52(59)30-28-49-50-34-40(27-31-53(50)60-58(49)57)38-22-23-39-33-41(25-24-37(39)32-38)54-45-17-7-9-19-47(45)55(48-20-10-8-18-46(48)54)44-21-11-14-35-12-3-5-15-42(35)44/h3-34H,1-2H3. The molecule has 11 aromatic carbocycles. The molecule has 0 atom stereocenters. The van der Waals surface area contributed by atoms with E-state index in [4.69, 9.17) is 4.42 Å². The minimum absolute atomic E-state index is 0.112. The predicted octanol–water partition coefficient (Wildman–Crippen LogP) is 16.7. The maximum atomic E-state index is 6.82. The van der Waals surface area contributed by atoms with Crippen LogP contribution in [-0.4, -0.2) is 0 Å². The molecule has 60 heavy (non-hydrogen) atoms. The van der Waals surface area contributed by atoms with Gasteiger partial charge < -0.3 is 4.42 Å². The number of rotatable bonds is 3. The van der Waals surface area contributed by atoms with E-state index in [0.29, 0.717) is 0 Å². The zero-order chi connectivity index (χ0) is 39.7. The molecule has 0 radical (unpaired) electrons. The van der Waals surface area contributed by atoms with Crippen LogP contribution in [0.5, 0.6) is 0 Å². The molecule has 1 heterocycles. The lowest BCUT2D eigenvalue weighted by Gasteiger charge is -2.21. The van der Waals surface area contributed by atoms with Crippen molar-refractivity contribution in [2.45, 2.75) is 19.3 Å². The second-order valence-electron chi connectivity index (χ2n) is 17.2. The van der Waals surface area contributed by atoms with E-state index in [0.717, 1.165) is 16.6 Å². The van der Waals surface area contributed by atoms with Crippen LogP contribution in [-0.2, 0) is 5.41 Å². The molecule has 1 nitrogen and oxygen atoms in total. The third kappa shape index (κ3) is 4.63. The monoisotopic (exact) mass is 762 g/mol. The van der Waals surface area contributed by atoms with E-state index in [1.807, 2.05) is 0 Å². The highest BCUT2D eigenvalue weighted by molar-refractivity contribution is 6.24. The minimum Gasteiger partial charge on any atom is -0.455 e. The third-order valence-corrected chi connectivity index (χ3v) is 13.6. The second-order valence-corrected chi connectivity index (χ2v) is 17.2. The molecule has 0 aliphatic heterocycles. The van der Waals surface area contributed by atoms with E-state index in [2.05, 4.69) is 208 Å². The highest BCUT2D eigenvalue weighted by Crippen LogP contribution is 2.55. The van der Waals surface area contributed by atoms with Crippen LogP contribution in [0.25, 0.3) is 120 Å². The van der Waals surface area contributed by atoms with Crippen LogP contribution in [0.2, 0.25) is 0 Å². The molecule has 1 aromatic heterocycles. The average molecular weight is 763 g/mol. The molecule has 280 valence electrons. The van der Waals surface area contributed by atoms with Gasteiger partial charge in [-0.3, -0.25) is 0 Å². The van der Waals surface area contributed by atoms with Crippen molar-refractivity contribution < 1.29 is 4.42 Å². The molecular weight excluding hydrogens is 725 g/mol. The summed E-state index contributed by atoms with van der Waals surface area (Å²) in [6, 6.07) is 71.8. The fraction of sp³-hybridized carbons (Fsp3) is 0.0508. The summed E-state index contributed by atoms with van der Waals surface area (Å²) in [5.41, 5.74) is 14.5. The summed E-state index contributed by atoms with van der Waals surface area (Å²) in [6.07, 6.45) is 0. The Bertz CT molecular complexity index is 3740. The Hall–Kier alpha value is -7.48. The average Bonchev–Trinajstić information content (AvgIpc) is 3.79. The molecule has 1 aliphatic carbocycles. The van der Waals surface area contributed by atoms with Crippen LogP contribution in [0, 0.1) is 0 Å². The van der Waals surface area contributed by atoms with Gasteiger partial charge in [-0.2, -0.15) is 0 Å². The predicted molar refractivity (Wildman–Crippen MR) is 255 cm³/mol. The number of fused-ring (bicyclic) bond motifs is 13. The van der Waals surface area contributed by atoms with Crippen molar-refractivity contribution in [1.29, 1.82) is 0 Å². The van der Waals surface area contributed by atoms with E-state index >= 15 is 0 Å². The zero-order valence-corrected chi connectivity index (χ0v) is 33.4. The molecular formula is C59H38O. The molecule has 0 saturated carbocycles. The number of furan rings is 1. The number of hydrogen-bond acceptors (Lipinski definition) is 1. The summed E-state index contributed by atoms with van der Waals surface area (Å²) >= 11 is 0. The highest BCUT2D eigenvalue weighted by Gasteiger charge is 2.38. The van der Waals surface area contributed by atoms with Gasteiger partial charge in [0.1, 0.15) is 11.2 Å². The first-order chi connectivity index (χ1) is 29.5. The Morgan fingerprint density at radius 2 is 0.833 bits per heavy atom. The Balaban J connectivity index is 0.939. The molecule has 0 fully saturated rings. The van der Waals surface area contributed by atoms with Crippen molar-refractivity contribution in [2.75, 3.05) is 0 Å². The van der Waals surface area contributed by atoms with Crippen LogP contribution in [0.15, 0.2) is 199 Å². The Kier molecular flexibility index (Phi) is 6.85. The minimum atomic E-state index is -0.112. The lowest BCUT2D eigenvalue weighted by Crippen LogP contribution is -2.14. The summed E-state index contributed by atoms with van der Waals surface area (Å²) in [4.78, 5) is 0. The van der Waals surface area contributed by atoms with E-state index in [-0.39, 0.29) is 5.41 Å². The van der Waals surface area contributed by atoms with Gasteiger partial charge in [0.2, 0.25) is 0 Å². The van der Waals surface area contributed by atoms with Gasteiger partial charge in [-0.15, -0.1) is 0 Å². The molecule has 1 aliphatic rings. The molecule has 0 saturated heterocycles. The Morgan fingerprint density at radius 1 is 0.317 bits per heavy atom. The molecule has 0 bridgehead atoms. The Morgan fingerprint density at radius 3 is 1.57 bits per heavy atom. The largest absolute Gasteiger partial charge is 0.455 e. The van der Waals surface area contributed by atoms with E-state index in [1.165, 1.54) is 115 Å². The summed E-state index contributed by atoms with van der Waals surface area (Å²) in [5, 5.41) is 14.9. The normalized spacial score (nSPS) is 13.3. The summed E-state index contributed by atoms with van der Waals surface area (Å²) < 4.78 is 6.82. The van der Waals surface area contributed by atoms with Gasteiger partial charge in [0.15, 0.2) is 0 Å². The maximum Gasteiger partial charge on any atom is 0.143 e. The summed E-state index contributed by atoms with van der Waals surface area (Å²) in [5.74, 6) is 0. The number of benzene rings is 11. The van der Waals surface area contributed by atoms with E-state index in [1.54, 1.807) is 0 Å². The molecule has 0 spiro atoms. The molecule has 0 N–H and O–H groups in total. The van der Waals surface area contributed by atoms with Crippen molar-refractivity contribution >= 4 is 75.8 Å². The molecule has 0 amide bonds. The SMILES string of the molecule is CC1(C)c2ccc3ccccc3c2-c2c1ccc1c2oc2ccc(-c3ccc4cc(-c5c6ccccc6c(-c6cccc7ccccc67)c6ccccc56)ccc4c3)cc21. The second kappa shape index (κ2) is 12.3. The Labute approximate surface area is 347 Å². The maximum absolute atomic E-state index is 6.82. The van der Waals surface area contributed by atoms with Crippen LogP contribution in [0.4, 0.5) is 0 Å². The van der Waals surface area contributed by atoms with Crippen LogP contribution in [0.1, 0.15) is 25.0 Å². The molecule has 13 rings (SSSR count). The lowest BCUT2D eigenvalue weighted by molar-refractivity contribution is 0.653. The zero-order valence-electron chi connectivity index (χ0n) is 33.4. The van der Waals surface area contributed by atoms with Gasteiger partial charge in [-0.25, -0.2) is 0 Å². The first-order valence-corrected chi connectivity index (χ1v) is 21.0. The summed E-state index contributed by atoms with van der Waals surface area (Å²) in [7, 11) is 0. The van der Waals surface area contributed by atoms with Crippen molar-refractivity contribution in [1.82, 2.24) is 0 Å².